The molecule has 0 unspecified atom stereocenters. The molecule has 6 fully saturated rings. The van der Waals surface area contributed by atoms with Gasteiger partial charge in [0.1, 0.15) is 78.5 Å². The molecule has 6 heterocycles. The first-order valence-electron chi connectivity index (χ1n) is 9.15. The molecule has 0 spiro atoms. The van der Waals surface area contributed by atoms with Crippen LogP contribution in [0.15, 0.2) is 0 Å². The average Bonchev–Trinajstić information content (AvgIpc) is 2.55. The maximum absolute atomic E-state index is 1.89. The van der Waals surface area contributed by atoms with Crippen molar-refractivity contribution in [2.24, 2.45) is 0 Å². The van der Waals surface area contributed by atoms with Crippen molar-refractivity contribution in [2.75, 3.05) is 91.6 Å². The second-order valence-electron chi connectivity index (χ2n) is 8.18. The van der Waals surface area contributed by atoms with E-state index in [1.165, 1.54) is 113 Å². The molecular weight excluding hydrogens is 248 g/mol. The number of hydrogen-bond acceptors (Lipinski definition) is 0. The van der Waals surface area contributed by atoms with E-state index in [-0.39, 0.29) is 0 Å². The average molecular weight is 282 g/mol. The van der Waals surface area contributed by atoms with Crippen LogP contribution in [-0.2, 0) is 0 Å². The Labute approximate surface area is 124 Å². The van der Waals surface area contributed by atoms with Crippen LogP contribution in [-0.4, -0.2) is 101 Å². The van der Waals surface area contributed by atoms with Gasteiger partial charge in [0.2, 0.25) is 0 Å². The minimum Gasteiger partial charge on any atom is -0.321 e. The van der Waals surface area contributed by atoms with Gasteiger partial charge in [-0.1, -0.05) is 0 Å². The molecule has 0 aromatic heterocycles. The lowest BCUT2D eigenvalue weighted by Crippen LogP contribution is -3.19. The minimum atomic E-state index is 1.46. The summed E-state index contributed by atoms with van der Waals surface area (Å²) in [4.78, 5) is 3.77. The first-order chi connectivity index (χ1) is 9.78. The molecule has 0 amide bonds. The van der Waals surface area contributed by atoms with Crippen molar-refractivity contribution in [2.45, 2.75) is 12.8 Å². The molecule has 4 heteroatoms. The van der Waals surface area contributed by atoms with Gasteiger partial charge in [-0.3, -0.25) is 0 Å². The first-order valence-corrected chi connectivity index (χ1v) is 9.15. The number of hydrogen-bond donors (Lipinski definition) is 2. The molecule has 0 aromatic carbocycles. The van der Waals surface area contributed by atoms with Crippen molar-refractivity contribution in [1.29, 1.82) is 0 Å². The molecule has 0 aliphatic carbocycles. The molecule has 6 rings (SSSR count). The molecule has 0 atom stereocenters. The summed E-state index contributed by atoms with van der Waals surface area (Å²) < 4.78 is 2.98. The molecule has 0 aromatic rings. The number of nitrogens with zero attached hydrogens (tertiary/aromatic N) is 2. The van der Waals surface area contributed by atoms with Gasteiger partial charge in [0.05, 0.1) is 13.1 Å². The fourth-order valence-corrected chi connectivity index (χ4v) is 5.36. The van der Waals surface area contributed by atoms with Gasteiger partial charge in [-0.15, -0.1) is 0 Å². The summed E-state index contributed by atoms with van der Waals surface area (Å²) in [7, 11) is 0. The summed E-state index contributed by atoms with van der Waals surface area (Å²) in [6, 6.07) is 0. The Morgan fingerprint density at radius 2 is 0.800 bits per heavy atom. The zero-order valence-electron chi connectivity index (χ0n) is 13.2. The summed E-state index contributed by atoms with van der Waals surface area (Å²) in [6.07, 6.45) is 2.98. The Morgan fingerprint density at radius 1 is 0.500 bits per heavy atom. The Balaban J connectivity index is 1.23. The Morgan fingerprint density at radius 3 is 1.10 bits per heavy atom. The molecule has 4 bridgehead atoms. The van der Waals surface area contributed by atoms with Gasteiger partial charge in [0.25, 0.3) is 0 Å². The van der Waals surface area contributed by atoms with Crippen LogP contribution < -0.4 is 9.80 Å². The van der Waals surface area contributed by atoms with Crippen LogP contribution in [0.25, 0.3) is 0 Å². The van der Waals surface area contributed by atoms with Crippen LogP contribution in [0.3, 0.4) is 0 Å². The van der Waals surface area contributed by atoms with Crippen molar-refractivity contribution < 1.29 is 18.8 Å². The molecule has 4 nitrogen and oxygen atoms in total. The van der Waals surface area contributed by atoms with Gasteiger partial charge >= 0.3 is 0 Å². The van der Waals surface area contributed by atoms with Gasteiger partial charge in [-0.2, -0.15) is 0 Å². The molecule has 6 aliphatic rings. The number of rotatable bonds is 5. The van der Waals surface area contributed by atoms with E-state index in [9.17, 15) is 0 Å². The molecular formula is C16H34N4+4. The highest BCUT2D eigenvalue weighted by molar-refractivity contribution is 4.58. The second kappa shape index (κ2) is 5.24. The van der Waals surface area contributed by atoms with Gasteiger partial charge in [0, 0.05) is 12.8 Å². The van der Waals surface area contributed by atoms with Crippen LogP contribution in [0.1, 0.15) is 12.8 Å². The topological polar surface area (TPSA) is 8.88 Å². The standard InChI is InChI=1S/C16H32N4/c1(9-19-11-3-17(4-12-19)5-13-19)2-10-20-14-6-18(7-15-20)8-16-20/h1-16H2/q+2/p+2. The smallest absolute Gasteiger partial charge is 0.129 e. The zero-order chi connectivity index (χ0) is 13.5. The lowest BCUT2D eigenvalue weighted by Gasteiger charge is -2.49. The van der Waals surface area contributed by atoms with Crippen LogP contribution in [0.5, 0.6) is 0 Å². The van der Waals surface area contributed by atoms with E-state index in [1.54, 1.807) is 0 Å². The van der Waals surface area contributed by atoms with Gasteiger partial charge in [-0.05, 0) is 0 Å². The molecule has 6 saturated heterocycles. The Hall–Kier alpha value is -0.160. The van der Waals surface area contributed by atoms with E-state index in [1.807, 2.05) is 9.80 Å². The predicted octanol–water partition coefficient (Wildman–Crippen LogP) is -2.78. The largest absolute Gasteiger partial charge is 0.321 e. The van der Waals surface area contributed by atoms with Crippen molar-refractivity contribution in [3.63, 3.8) is 0 Å². The highest BCUT2D eigenvalue weighted by atomic mass is 15.5. The molecule has 0 radical (unpaired) electrons. The fourth-order valence-electron chi connectivity index (χ4n) is 5.36. The quantitative estimate of drug-likeness (QED) is 0.399. The van der Waals surface area contributed by atoms with E-state index in [2.05, 4.69) is 0 Å². The number of piperazine rings is 6. The monoisotopic (exact) mass is 282 g/mol. The molecule has 114 valence electrons. The van der Waals surface area contributed by atoms with Crippen molar-refractivity contribution in [1.82, 2.24) is 0 Å². The normalized spacial score (nSPS) is 46.8. The van der Waals surface area contributed by atoms with Crippen molar-refractivity contribution in [3.05, 3.63) is 0 Å². The van der Waals surface area contributed by atoms with Crippen LogP contribution in [0.4, 0.5) is 0 Å². The number of quaternary nitrogens is 4. The lowest BCUT2D eigenvalue weighted by molar-refractivity contribution is -1.08. The van der Waals surface area contributed by atoms with Crippen molar-refractivity contribution >= 4 is 0 Å². The van der Waals surface area contributed by atoms with Crippen LogP contribution in [0, 0.1) is 0 Å². The maximum atomic E-state index is 1.89. The first kappa shape index (κ1) is 13.5. The van der Waals surface area contributed by atoms with Gasteiger partial charge in [0.15, 0.2) is 0 Å². The van der Waals surface area contributed by atoms with Gasteiger partial charge < -0.3 is 18.8 Å². The third-order valence-corrected chi connectivity index (χ3v) is 7.15. The SMILES string of the molecule is C(CC[N+]12CC[NH+](CC1)CC2)C[N+]12CC[NH+](CC1)CC2. The highest BCUT2D eigenvalue weighted by Gasteiger charge is 2.42. The number of fused-ring (bicyclic) bond motifs is 6. The van der Waals surface area contributed by atoms with E-state index >= 15 is 0 Å². The highest BCUT2D eigenvalue weighted by Crippen LogP contribution is 2.16. The summed E-state index contributed by atoms with van der Waals surface area (Å²) in [5.74, 6) is 0. The number of nitrogens with one attached hydrogen (secondary N) is 2. The predicted molar refractivity (Wildman–Crippen MR) is 79.8 cm³/mol. The van der Waals surface area contributed by atoms with E-state index in [0.29, 0.717) is 0 Å². The fraction of sp³-hybridized carbons (Fsp3) is 1.00. The summed E-state index contributed by atoms with van der Waals surface area (Å²) in [5, 5.41) is 0. The van der Waals surface area contributed by atoms with Gasteiger partial charge in [-0.25, -0.2) is 0 Å². The van der Waals surface area contributed by atoms with E-state index < -0.39 is 0 Å². The molecule has 20 heavy (non-hydrogen) atoms. The minimum absolute atomic E-state index is 1.46. The van der Waals surface area contributed by atoms with Crippen LogP contribution in [0.2, 0.25) is 0 Å². The zero-order valence-corrected chi connectivity index (χ0v) is 13.2. The van der Waals surface area contributed by atoms with Crippen LogP contribution >= 0.6 is 0 Å². The number of unbranched alkanes of at least 4 members (excludes halogenated alkanes) is 1. The third kappa shape index (κ3) is 2.52. The summed E-state index contributed by atoms with van der Waals surface area (Å²) >= 11 is 0. The molecule has 0 saturated carbocycles. The van der Waals surface area contributed by atoms with E-state index in [4.69, 9.17) is 0 Å². The second-order valence-corrected chi connectivity index (χ2v) is 8.18. The molecule has 2 N–H and O–H groups in total. The Kier molecular flexibility index (Phi) is 3.53. The molecule has 6 aliphatic heterocycles. The summed E-state index contributed by atoms with van der Waals surface area (Å²) in [5.41, 5.74) is 0. The third-order valence-electron chi connectivity index (χ3n) is 7.15. The Bertz CT molecular complexity index is 279. The lowest BCUT2D eigenvalue weighted by atomic mass is 10.1. The maximum Gasteiger partial charge on any atom is 0.129 e. The summed E-state index contributed by atoms with van der Waals surface area (Å²) in [6.45, 7) is 20.6. The van der Waals surface area contributed by atoms with E-state index in [0.717, 1.165) is 0 Å². The van der Waals surface area contributed by atoms with Crippen molar-refractivity contribution in [3.8, 4) is 0 Å².